The van der Waals surface area contributed by atoms with Crippen molar-refractivity contribution in [3.05, 3.63) is 29.8 Å². The van der Waals surface area contributed by atoms with E-state index in [9.17, 15) is 22.8 Å². The predicted octanol–water partition coefficient (Wildman–Crippen LogP) is 2.87. The Hall–Kier alpha value is -1.30. The monoisotopic (exact) mass is 260 g/mol. The zero-order valence-electron chi connectivity index (χ0n) is 8.45. The molecule has 6 heteroatoms. The van der Waals surface area contributed by atoms with Crippen LogP contribution < -0.4 is 0 Å². The zero-order valence-corrected chi connectivity index (χ0v) is 9.27. The molecule has 1 aromatic carbocycles. The first-order valence-corrected chi connectivity index (χ1v) is 5.67. The van der Waals surface area contributed by atoms with E-state index in [1.807, 2.05) is 0 Å². The Morgan fingerprint density at radius 1 is 1.29 bits per heavy atom. The highest BCUT2D eigenvalue weighted by molar-refractivity contribution is 8.00. The largest absolute Gasteiger partial charge is 0.451 e. The summed E-state index contributed by atoms with van der Waals surface area (Å²) >= 11 is 0.805. The predicted molar refractivity (Wildman–Crippen MR) is 56.1 cm³/mol. The molecule has 0 aromatic heterocycles. The fourth-order valence-electron chi connectivity index (χ4n) is 1.60. The van der Waals surface area contributed by atoms with Gasteiger partial charge in [0, 0.05) is 16.9 Å². The number of alkyl halides is 3. The topological polar surface area (TPSA) is 34.1 Å². The summed E-state index contributed by atoms with van der Waals surface area (Å²) in [5.74, 6) is -2.26. The Balaban J connectivity index is 2.29. The molecular formula is C11H7F3O2S. The van der Waals surface area contributed by atoms with Gasteiger partial charge in [0.15, 0.2) is 5.78 Å². The highest BCUT2D eigenvalue weighted by atomic mass is 32.2. The number of carbonyl (C=O) groups excluding carboxylic acids is 2. The first kappa shape index (κ1) is 12.2. The summed E-state index contributed by atoms with van der Waals surface area (Å²) < 4.78 is 36.8. The lowest BCUT2D eigenvalue weighted by molar-refractivity contribution is -0.170. The molecule has 0 saturated heterocycles. The van der Waals surface area contributed by atoms with E-state index >= 15 is 0 Å². The first-order chi connectivity index (χ1) is 7.89. The van der Waals surface area contributed by atoms with Crippen molar-refractivity contribution in [2.45, 2.75) is 22.7 Å². The minimum absolute atomic E-state index is 0.389. The van der Waals surface area contributed by atoms with Crippen molar-refractivity contribution in [2.24, 2.45) is 0 Å². The molecule has 0 bridgehead atoms. The van der Waals surface area contributed by atoms with Crippen molar-refractivity contribution < 1.29 is 22.8 Å². The molecular weight excluding hydrogens is 253 g/mol. The number of thioether (sulfide) groups is 1. The second kappa shape index (κ2) is 4.18. The van der Waals surface area contributed by atoms with E-state index < -0.39 is 23.0 Å². The smallest absolute Gasteiger partial charge is 0.294 e. The van der Waals surface area contributed by atoms with E-state index in [0.29, 0.717) is 10.5 Å². The quantitative estimate of drug-likeness (QED) is 0.778. The number of Topliss-reactive ketones (excluding diaryl/α,β-unsaturated/α-hetero) is 2. The van der Waals surface area contributed by atoms with Crippen molar-refractivity contribution in [3.63, 3.8) is 0 Å². The van der Waals surface area contributed by atoms with Crippen molar-refractivity contribution in [1.82, 2.24) is 0 Å². The Labute approximate surface area is 99.2 Å². The molecule has 1 atom stereocenters. The summed E-state index contributed by atoms with van der Waals surface area (Å²) in [4.78, 5) is 23.1. The third-order valence-electron chi connectivity index (χ3n) is 2.40. The molecule has 0 spiro atoms. The number of rotatable bonds is 1. The molecule has 0 saturated carbocycles. The summed E-state index contributed by atoms with van der Waals surface area (Å²) in [6, 6.07) is 6.37. The zero-order chi connectivity index (χ0) is 12.6. The molecule has 1 aliphatic rings. The van der Waals surface area contributed by atoms with Crippen LogP contribution in [0.4, 0.5) is 13.2 Å². The highest BCUT2D eigenvalue weighted by Gasteiger charge is 2.45. The van der Waals surface area contributed by atoms with Gasteiger partial charge in [-0.1, -0.05) is 18.2 Å². The summed E-state index contributed by atoms with van der Waals surface area (Å²) in [6.07, 6.45) is -5.27. The van der Waals surface area contributed by atoms with E-state index in [1.165, 1.54) is 0 Å². The molecule has 2 nitrogen and oxygen atoms in total. The number of benzene rings is 1. The number of hydrogen-bond acceptors (Lipinski definition) is 3. The average molecular weight is 260 g/mol. The van der Waals surface area contributed by atoms with E-state index in [4.69, 9.17) is 0 Å². The van der Waals surface area contributed by atoms with Crippen LogP contribution in [0.15, 0.2) is 29.2 Å². The lowest BCUT2D eigenvalue weighted by atomic mass is 10.0. The summed E-state index contributed by atoms with van der Waals surface area (Å²) in [7, 11) is 0. The number of halogens is 3. The summed E-state index contributed by atoms with van der Waals surface area (Å²) in [6.45, 7) is 0. The minimum Gasteiger partial charge on any atom is -0.294 e. The second-order valence-corrected chi connectivity index (χ2v) is 4.84. The molecule has 1 aromatic rings. The molecule has 1 unspecified atom stereocenters. The van der Waals surface area contributed by atoms with Crippen LogP contribution in [-0.2, 0) is 4.79 Å². The van der Waals surface area contributed by atoms with Gasteiger partial charge in [-0.05, 0) is 6.07 Å². The highest BCUT2D eigenvalue weighted by Crippen LogP contribution is 2.38. The SMILES string of the molecule is O=C1CC(C(=O)C(F)(F)F)Sc2ccccc21. The van der Waals surface area contributed by atoms with Crippen molar-refractivity contribution >= 4 is 23.3 Å². The van der Waals surface area contributed by atoms with E-state index in [0.717, 1.165) is 11.8 Å². The standard InChI is InChI=1S/C11H7F3O2S/c12-11(13,14)10(16)9-5-7(15)6-3-1-2-4-8(6)17-9/h1-4,9H,5H2. The molecule has 17 heavy (non-hydrogen) atoms. The molecule has 0 aliphatic carbocycles. The van der Waals surface area contributed by atoms with Crippen LogP contribution in [0.2, 0.25) is 0 Å². The number of carbonyl (C=O) groups is 2. The van der Waals surface area contributed by atoms with Crippen LogP contribution in [0, 0.1) is 0 Å². The number of ketones is 2. The van der Waals surface area contributed by atoms with E-state index in [2.05, 4.69) is 0 Å². The molecule has 2 rings (SSSR count). The van der Waals surface area contributed by atoms with E-state index in [1.54, 1.807) is 24.3 Å². The Morgan fingerprint density at radius 2 is 1.94 bits per heavy atom. The summed E-state index contributed by atoms with van der Waals surface area (Å²) in [5.41, 5.74) is 0.392. The fraction of sp³-hybridized carbons (Fsp3) is 0.273. The molecule has 90 valence electrons. The van der Waals surface area contributed by atoms with Crippen LogP contribution in [-0.4, -0.2) is 23.0 Å². The van der Waals surface area contributed by atoms with Gasteiger partial charge >= 0.3 is 6.18 Å². The molecule has 1 heterocycles. The Morgan fingerprint density at radius 3 is 2.59 bits per heavy atom. The van der Waals surface area contributed by atoms with Crippen molar-refractivity contribution in [1.29, 1.82) is 0 Å². The van der Waals surface area contributed by atoms with Gasteiger partial charge in [0.1, 0.15) is 0 Å². The van der Waals surface area contributed by atoms with Gasteiger partial charge in [0.25, 0.3) is 0 Å². The van der Waals surface area contributed by atoms with Gasteiger partial charge < -0.3 is 0 Å². The Kier molecular flexibility index (Phi) is 2.99. The van der Waals surface area contributed by atoms with Crippen molar-refractivity contribution in [3.8, 4) is 0 Å². The molecule has 0 N–H and O–H groups in total. The second-order valence-electron chi connectivity index (χ2n) is 3.59. The average Bonchev–Trinajstić information content (AvgIpc) is 2.27. The lowest BCUT2D eigenvalue weighted by Gasteiger charge is -2.22. The summed E-state index contributed by atoms with van der Waals surface area (Å²) in [5, 5.41) is -1.35. The fourth-order valence-corrected chi connectivity index (χ4v) is 2.85. The van der Waals surface area contributed by atoms with Gasteiger partial charge in [-0.2, -0.15) is 13.2 Å². The van der Waals surface area contributed by atoms with Crippen LogP contribution >= 0.6 is 11.8 Å². The molecule has 0 radical (unpaired) electrons. The van der Waals surface area contributed by atoms with E-state index in [-0.39, 0.29) is 6.42 Å². The van der Waals surface area contributed by atoms with Crippen molar-refractivity contribution in [2.75, 3.05) is 0 Å². The van der Waals surface area contributed by atoms with Gasteiger partial charge in [-0.15, -0.1) is 11.8 Å². The third-order valence-corrected chi connectivity index (χ3v) is 3.67. The number of fused-ring (bicyclic) bond motifs is 1. The maximum absolute atomic E-state index is 12.3. The van der Waals surface area contributed by atoms with Crippen LogP contribution in [0.5, 0.6) is 0 Å². The van der Waals surface area contributed by atoms with Crippen LogP contribution in [0.3, 0.4) is 0 Å². The molecule has 0 amide bonds. The normalized spacial score (nSPS) is 19.9. The van der Waals surface area contributed by atoms with Crippen LogP contribution in [0.25, 0.3) is 0 Å². The van der Waals surface area contributed by atoms with Gasteiger partial charge in [0.05, 0.1) is 5.25 Å². The lowest BCUT2D eigenvalue weighted by Crippen LogP contribution is -2.35. The minimum atomic E-state index is -4.88. The molecule has 0 fully saturated rings. The Bertz CT molecular complexity index is 482. The van der Waals surface area contributed by atoms with Gasteiger partial charge in [0.2, 0.25) is 5.78 Å². The number of hydrogen-bond donors (Lipinski definition) is 0. The van der Waals surface area contributed by atoms with Crippen LogP contribution in [0.1, 0.15) is 16.8 Å². The van der Waals surface area contributed by atoms with Gasteiger partial charge in [-0.3, -0.25) is 9.59 Å². The van der Waals surface area contributed by atoms with Gasteiger partial charge in [-0.25, -0.2) is 0 Å². The first-order valence-electron chi connectivity index (χ1n) is 4.79. The maximum atomic E-state index is 12.3. The third kappa shape index (κ3) is 2.36. The maximum Gasteiger partial charge on any atom is 0.451 e. The molecule has 1 aliphatic heterocycles.